The molecule has 1 rings (SSSR count). The fraction of sp³-hybridized carbons (Fsp3) is 0.273. The molecule has 92 valence electrons. The third-order valence-electron chi connectivity index (χ3n) is 2.10. The minimum atomic E-state index is -0.303. The Labute approximate surface area is 104 Å². The second-order valence-corrected chi connectivity index (χ2v) is 3.89. The molecule has 0 aliphatic rings. The van der Waals surface area contributed by atoms with E-state index in [1.54, 1.807) is 13.1 Å². The highest BCUT2D eigenvalue weighted by Gasteiger charge is 2.07. The Bertz CT molecular complexity index is 414. The molecule has 0 aromatic heterocycles. The SMILES string of the molecule is CNC(=O)CCNC(=O)c1cc(N)cc(Cl)c1. The molecule has 0 aliphatic carbocycles. The highest BCUT2D eigenvalue weighted by atomic mass is 35.5. The Morgan fingerprint density at radius 1 is 1.35 bits per heavy atom. The van der Waals surface area contributed by atoms with Crippen molar-refractivity contribution in [2.45, 2.75) is 6.42 Å². The second kappa shape index (κ2) is 6.10. The van der Waals surface area contributed by atoms with E-state index in [2.05, 4.69) is 10.6 Å². The average Bonchev–Trinajstić information content (AvgIpc) is 2.27. The van der Waals surface area contributed by atoms with Crippen LogP contribution in [0.25, 0.3) is 0 Å². The summed E-state index contributed by atoms with van der Waals surface area (Å²) >= 11 is 5.78. The van der Waals surface area contributed by atoms with E-state index in [0.717, 1.165) is 0 Å². The van der Waals surface area contributed by atoms with Crippen molar-refractivity contribution in [3.05, 3.63) is 28.8 Å². The Balaban J connectivity index is 2.55. The Morgan fingerprint density at radius 2 is 2.06 bits per heavy atom. The number of hydrogen-bond acceptors (Lipinski definition) is 3. The van der Waals surface area contributed by atoms with E-state index < -0.39 is 0 Å². The first-order chi connectivity index (χ1) is 8.02. The molecule has 0 heterocycles. The molecule has 5 nitrogen and oxygen atoms in total. The maximum Gasteiger partial charge on any atom is 0.251 e. The number of hydrogen-bond donors (Lipinski definition) is 3. The molecule has 1 aromatic rings. The number of nitrogen functional groups attached to an aromatic ring is 1. The zero-order chi connectivity index (χ0) is 12.8. The van der Waals surface area contributed by atoms with Crippen molar-refractivity contribution >= 4 is 29.1 Å². The smallest absolute Gasteiger partial charge is 0.251 e. The van der Waals surface area contributed by atoms with Gasteiger partial charge in [0.1, 0.15) is 0 Å². The molecule has 6 heteroatoms. The zero-order valence-electron chi connectivity index (χ0n) is 9.42. The Hall–Kier alpha value is -1.75. The first-order valence-electron chi connectivity index (χ1n) is 5.08. The van der Waals surface area contributed by atoms with Gasteiger partial charge in [0, 0.05) is 36.3 Å². The van der Waals surface area contributed by atoms with Crippen molar-refractivity contribution in [1.29, 1.82) is 0 Å². The van der Waals surface area contributed by atoms with E-state index in [1.807, 2.05) is 0 Å². The highest BCUT2D eigenvalue weighted by molar-refractivity contribution is 6.31. The lowest BCUT2D eigenvalue weighted by Gasteiger charge is -2.06. The molecule has 0 unspecified atom stereocenters. The van der Waals surface area contributed by atoms with Gasteiger partial charge in [-0.25, -0.2) is 0 Å². The van der Waals surface area contributed by atoms with Crippen LogP contribution in [0.5, 0.6) is 0 Å². The molecule has 0 saturated carbocycles. The fourth-order valence-corrected chi connectivity index (χ4v) is 1.50. The number of carbonyl (C=O) groups is 2. The third kappa shape index (κ3) is 4.32. The van der Waals surface area contributed by atoms with Crippen molar-refractivity contribution in [3.63, 3.8) is 0 Å². The molecular formula is C11H14ClN3O2. The largest absolute Gasteiger partial charge is 0.399 e. The predicted molar refractivity (Wildman–Crippen MR) is 66.9 cm³/mol. The topological polar surface area (TPSA) is 84.2 Å². The average molecular weight is 256 g/mol. The number of halogens is 1. The second-order valence-electron chi connectivity index (χ2n) is 3.45. The van der Waals surface area contributed by atoms with E-state index in [0.29, 0.717) is 16.3 Å². The summed E-state index contributed by atoms with van der Waals surface area (Å²) in [7, 11) is 1.54. The summed E-state index contributed by atoms with van der Waals surface area (Å²) in [5, 5.41) is 5.47. The number of nitrogens with one attached hydrogen (secondary N) is 2. The summed E-state index contributed by atoms with van der Waals surface area (Å²) in [6.45, 7) is 0.269. The first kappa shape index (κ1) is 13.3. The molecule has 1 aromatic carbocycles. The molecule has 0 bridgehead atoms. The number of benzene rings is 1. The van der Waals surface area contributed by atoms with Crippen LogP contribution in [0, 0.1) is 0 Å². The van der Waals surface area contributed by atoms with Crippen LogP contribution in [0.3, 0.4) is 0 Å². The van der Waals surface area contributed by atoms with Crippen molar-refractivity contribution < 1.29 is 9.59 Å². The lowest BCUT2D eigenvalue weighted by Crippen LogP contribution is -2.29. The molecule has 0 saturated heterocycles. The summed E-state index contributed by atoms with van der Waals surface area (Å²) in [5.74, 6) is -0.431. The normalized spacial score (nSPS) is 9.76. The van der Waals surface area contributed by atoms with Gasteiger partial charge in [-0.05, 0) is 18.2 Å². The minimum absolute atomic E-state index is 0.129. The van der Waals surface area contributed by atoms with Gasteiger partial charge >= 0.3 is 0 Å². The molecule has 0 aliphatic heterocycles. The maximum absolute atomic E-state index is 11.7. The van der Waals surface area contributed by atoms with E-state index >= 15 is 0 Å². The fourth-order valence-electron chi connectivity index (χ4n) is 1.26. The summed E-state index contributed by atoms with van der Waals surface area (Å²) in [6.07, 6.45) is 0.234. The van der Waals surface area contributed by atoms with Crippen LogP contribution in [0.2, 0.25) is 5.02 Å². The molecular weight excluding hydrogens is 242 g/mol. The molecule has 17 heavy (non-hydrogen) atoms. The van der Waals surface area contributed by atoms with Crippen LogP contribution in [-0.2, 0) is 4.79 Å². The van der Waals surface area contributed by atoms with Gasteiger partial charge in [-0.1, -0.05) is 11.6 Å². The van der Waals surface area contributed by atoms with E-state index in [4.69, 9.17) is 17.3 Å². The van der Waals surface area contributed by atoms with Crippen molar-refractivity contribution in [2.75, 3.05) is 19.3 Å². The number of nitrogens with two attached hydrogens (primary N) is 1. The Kier molecular flexibility index (Phi) is 4.78. The summed E-state index contributed by atoms with van der Waals surface area (Å²) in [4.78, 5) is 22.6. The number of anilines is 1. The lowest BCUT2D eigenvalue weighted by atomic mass is 10.2. The third-order valence-corrected chi connectivity index (χ3v) is 2.32. The van der Waals surface area contributed by atoms with Gasteiger partial charge < -0.3 is 16.4 Å². The highest BCUT2D eigenvalue weighted by Crippen LogP contribution is 2.16. The van der Waals surface area contributed by atoms with E-state index in [9.17, 15) is 9.59 Å². The molecule has 2 amide bonds. The van der Waals surface area contributed by atoms with Gasteiger partial charge in [0.15, 0.2) is 0 Å². The molecule has 0 fully saturated rings. The molecule has 0 atom stereocenters. The van der Waals surface area contributed by atoms with E-state index in [-0.39, 0.29) is 24.8 Å². The van der Waals surface area contributed by atoms with Gasteiger partial charge in [0.05, 0.1) is 0 Å². The summed E-state index contributed by atoms with van der Waals surface area (Å²) in [6, 6.07) is 4.61. The van der Waals surface area contributed by atoms with E-state index in [1.165, 1.54) is 12.1 Å². The van der Waals surface area contributed by atoms with Crippen LogP contribution in [0.4, 0.5) is 5.69 Å². The van der Waals surface area contributed by atoms with Gasteiger partial charge in [-0.3, -0.25) is 9.59 Å². The van der Waals surface area contributed by atoms with Crippen molar-refractivity contribution in [1.82, 2.24) is 10.6 Å². The maximum atomic E-state index is 11.7. The van der Waals surface area contributed by atoms with Crippen molar-refractivity contribution in [2.24, 2.45) is 0 Å². The van der Waals surface area contributed by atoms with Gasteiger partial charge in [-0.2, -0.15) is 0 Å². The van der Waals surface area contributed by atoms with Gasteiger partial charge in [0.25, 0.3) is 5.91 Å². The quantitative estimate of drug-likeness (QED) is 0.696. The van der Waals surface area contributed by atoms with Gasteiger partial charge in [-0.15, -0.1) is 0 Å². The predicted octanol–water partition coefficient (Wildman–Crippen LogP) is 0.788. The molecule has 4 N–H and O–H groups in total. The van der Waals surface area contributed by atoms with Crippen LogP contribution in [0.1, 0.15) is 16.8 Å². The van der Waals surface area contributed by atoms with Crippen LogP contribution >= 0.6 is 11.6 Å². The molecule has 0 radical (unpaired) electrons. The minimum Gasteiger partial charge on any atom is -0.399 e. The number of amides is 2. The standard InChI is InChI=1S/C11H14ClN3O2/c1-14-10(16)2-3-15-11(17)7-4-8(12)6-9(13)5-7/h4-6H,2-3,13H2,1H3,(H,14,16)(H,15,17). The number of carbonyl (C=O) groups excluding carboxylic acids is 2. The van der Waals surface area contributed by atoms with Crippen molar-refractivity contribution in [3.8, 4) is 0 Å². The molecule has 0 spiro atoms. The monoisotopic (exact) mass is 255 g/mol. The first-order valence-corrected chi connectivity index (χ1v) is 5.45. The lowest BCUT2D eigenvalue weighted by molar-refractivity contribution is -0.120. The summed E-state index contributed by atoms with van der Waals surface area (Å²) < 4.78 is 0. The van der Waals surface area contributed by atoms with Crippen LogP contribution in [0.15, 0.2) is 18.2 Å². The number of rotatable bonds is 4. The Morgan fingerprint density at radius 3 is 2.65 bits per heavy atom. The summed E-state index contributed by atoms with van der Waals surface area (Å²) in [5.41, 5.74) is 6.37. The van der Waals surface area contributed by atoms with Crippen LogP contribution in [-0.4, -0.2) is 25.4 Å². The van der Waals surface area contributed by atoms with Gasteiger partial charge in [0.2, 0.25) is 5.91 Å². The van der Waals surface area contributed by atoms with Crippen LogP contribution < -0.4 is 16.4 Å². The zero-order valence-corrected chi connectivity index (χ0v) is 10.2.